The van der Waals surface area contributed by atoms with E-state index in [2.05, 4.69) is 59.8 Å². The second kappa shape index (κ2) is 14.1. The molecule has 0 bridgehead atoms. The minimum absolute atomic E-state index is 0.0707. The van der Waals surface area contributed by atoms with Gasteiger partial charge in [-0.15, -0.1) is 0 Å². The summed E-state index contributed by atoms with van der Waals surface area (Å²) in [6, 6.07) is 0. The van der Waals surface area contributed by atoms with Crippen molar-refractivity contribution in [2.75, 3.05) is 47.5 Å². The molecule has 0 spiro atoms. The Morgan fingerprint density at radius 2 is 1.72 bits per heavy atom. The predicted molar refractivity (Wildman–Crippen MR) is 176 cm³/mol. The molecular weight excluding hydrogens is 557 g/mol. The van der Waals surface area contributed by atoms with Crippen LogP contribution in [0.2, 0.25) is 0 Å². The molecule has 6 nitrogen and oxygen atoms in total. The number of hydrogen-bond acceptors (Lipinski definition) is 4. The summed E-state index contributed by atoms with van der Waals surface area (Å²) in [7, 11) is 2.01. The zero-order chi connectivity index (χ0) is 31.6. The zero-order valence-electron chi connectivity index (χ0n) is 29.0. The van der Waals surface area contributed by atoms with Gasteiger partial charge in [-0.3, -0.25) is 9.05 Å². The third kappa shape index (κ3) is 8.27. The van der Waals surface area contributed by atoms with Gasteiger partial charge in [-0.1, -0.05) is 65.3 Å². The van der Waals surface area contributed by atoms with Crippen LogP contribution in [-0.2, 0) is 18.3 Å². The first kappa shape index (κ1) is 35.4. The number of phosphoric ester groups is 1. The fraction of sp³-hybridized carbons (Fsp3) is 0.889. The Bertz CT molecular complexity index is 1040. The number of quaternary nitrogens is 1. The van der Waals surface area contributed by atoms with Gasteiger partial charge >= 0.3 is 7.82 Å². The maximum absolute atomic E-state index is 12.2. The summed E-state index contributed by atoms with van der Waals surface area (Å²) in [5.74, 6) is 5.33. The quantitative estimate of drug-likeness (QED) is 0.0909. The number of phosphoric acid groups is 1. The average molecular weight is 623 g/mol. The molecule has 1 unspecified atom stereocenters. The SMILES string of the molecule is CC[C@H](C=C[C@@H](C)[C@H]1CC[C@H]2[C@@H]3CC=C4C[C@@H](OCCOP(=O)(O)OCC[N+](C)(C)C)CC[C@]4(C)[C@H]3CC[C@]12C)C(C)C. The molecular formula is C36H65NO5P+. The van der Waals surface area contributed by atoms with Gasteiger partial charge in [0.1, 0.15) is 13.2 Å². The monoisotopic (exact) mass is 622 g/mol. The van der Waals surface area contributed by atoms with E-state index < -0.39 is 7.82 Å². The van der Waals surface area contributed by atoms with Crippen LogP contribution in [0.25, 0.3) is 0 Å². The second-order valence-corrected chi connectivity index (χ2v) is 17.9. The summed E-state index contributed by atoms with van der Waals surface area (Å²) < 4.78 is 29.4. The maximum Gasteiger partial charge on any atom is 0.472 e. The van der Waals surface area contributed by atoms with E-state index in [4.69, 9.17) is 13.8 Å². The van der Waals surface area contributed by atoms with Crippen molar-refractivity contribution in [2.45, 2.75) is 105 Å². The van der Waals surface area contributed by atoms with Crippen molar-refractivity contribution in [3.8, 4) is 0 Å². The highest BCUT2D eigenvalue weighted by Crippen LogP contribution is 2.67. The second-order valence-electron chi connectivity index (χ2n) is 16.4. The molecule has 0 heterocycles. The number of rotatable bonds is 14. The average Bonchev–Trinajstić information content (AvgIpc) is 3.27. The summed E-state index contributed by atoms with van der Waals surface area (Å²) in [5.41, 5.74) is 2.36. The van der Waals surface area contributed by atoms with E-state index in [0.29, 0.717) is 34.9 Å². The molecule has 0 amide bonds. The van der Waals surface area contributed by atoms with E-state index in [0.717, 1.165) is 42.4 Å². The van der Waals surface area contributed by atoms with Gasteiger partial charge in [-0.25, -0.2) is 4.57 Å². The number of ether oxygens (including phenoxy) is 1. The first-order valence-electron chi connectivity index (χ1n) is 17.5. The molecule has 0 aromatic carbocycles. The summed E-state index contributed by atoms with van der Waals surface area (Å²) in [4.78, 5) is 9.99. The molecule has 3 fully saturated rings. The summed E-state index contributed by atoms with van der Waals surface area (Å²) >= 11 is 0. The number of likely N-dealkylation sites (N-methyl/N-ethyl adjacent to an activating group) is 1. The summed E-state index contributed by atoms with van der Waals surface area (Å²) in [6.07, 6.45) is 19.1. The van der Waals surface area contributed by atoms with E-state index >= 15 is 0 Å². The Kier molecular flexibility index (Phi) is 11.6. The van der Waals surface area contributed by atoms with E-state index in [-0.39, 0.29) is 24.7 Å². The molecule has 7 heteroatoms. The van der Waals surface area contributed by atoms with Crippen LogP contribution in [0, 0.1) is 52.3 Å². The van der Waals surface area contributed by atoms with Crippen LogP contribution in [0.15, 0.2) is 23.8 Å². The lowest BCUT2D eigenvalue weighted by Crippen LogP contribution is -2.51. The van der Waals surface area contributed by atoms with E-state index in [1.807, 2.05) is 21.1 Å². The zero-order valence-corrected chi connectivity index (χ0v) is 29.9. The van der Waals surface area contributed by atoms with Crippen molar-refractivity contribution < 1.29 is 27.7 Å². The molecule has 0 radical (unpaired) electrons. The number of nitrogens with zero attached hydrogens (tertiary/aromatic N) is 1. The third-order valence-corrected chi connectivity index (χ3v) is 13.5. The van der Waals surface area contributed by atoms with Crippen molar-refractivity contribution in [1.29, 1.82) is 0 Å². The van der Waals surface area contributed by atoms with Crippen LogP contribution in [-0.4, -0.2) is 63.0 Å². The Labute approximate surface area is 264 Å². The van der Waals surface area contributed by atoms with Gasteiger partial charge in [-0.2, -0.15) is 0 Å². The fourth-order valence-electron chi connectivity index (χ4n) is 9.79. The lowest BCUT2D eigenvalue weighted by Gasteiger charge is -2.58. The van der Waals surface area contributed by atoms with Gasteiger partial charge in [0, 0.05) is 0 Å². The smallest absolute Gasteiger partial charge is 0.375 e. The number of hydrogen-bond donors (Lipinski definition) is 1. The van der Waals surface area contributed by atoms with Crippen molar-refractivity contribution >= 4 is 7.82 Å². The van der Waals surface area contributed by atoms with E-state index in [1.165, 1.54) is 44.9 Å². The van der Waals surface area contributed by atoms with Gasteiger partial charge in [0.25, 0.3) is 0 Å². The molecule has 248 valence electrons. The highest BCUT2D eigenvalue weighted by Gasteiger charge is 2.59. The van der Waals surface area contributed by atoms with Gasteiger partial charge < -0.3 is 14.1 Å². The van der Waals surface area contributed by atoms with Crippen LogP contribution >= 0.6 is 7.82 Å². The lowest BCUT2D eigenvalue weighted by molar-refractivity contribution is -0.870. The molecule has 0 aliphatic heterocycles. The normalized spacial score (nSPS) is 37.4. The molecule has 0 aromatic rings. The highest BCUT2D eigenvalue weighted by atomic mass is 31.2. The van der Waals surface area contributed by atoms with Crippen molar-refractivity contribution in [3.05, 3.63) is 23.8 Å². The van der Waals surface area contributed by atoms with Gasteiger partial charge in [0.05, 0.1) is 40.5 Å². The van der Waals surface area contributed by atoms with Gasteiger partial charge in [-0.05, 0) is 110 Å². The van der Waals surface area contributed by atoms with E-state index in [9.17, 15) is 9.46 Å². The lowest BCUT2D eigenvalue weighted by atomic mass is 9.47. The third-order valence-electron chi connectivity index (χ3n) is 12.5. The maximum atomic E-state index is 12.2. The Hall–Kier alpha value is -0.490. The number of allylic oxidation sites excluding steroid dienone is 3. The van der Waals surface area contributed by atoms with Gasteiger partial charge in [0.15, 0.2) is 0 Å². The van der Waals surface area contributed by atoms with Crippen LogP contribution in [0.4, 0.5) is 0 Å². The largest absolute Gasteiger partial charge is 0.472 e. The molecule has 43 heavy (non-hydrogen) atoms. The van der Waals surface area contributed by atoms with Crippen LogP contribution in [0.5, 0.6) is 0 Å². The number of fused-ring (bicyclic) bond motifs is 5. The van der Waals surface area contributed by atoms with Crippen LogP contribution in [0.1, 0.15) is 99.3 Å². The molecule has 4 aliphatic carbocycles. The molecule has 0 saturated heterocycles. The predicted octanol–water partition coefficient (Wildman–Crippen LogP) is 8.66. The van der Waals surface area contributed by atoms with E-state index in [1.54, 1.807) is 5.57 Å². The van der Waals surface area contributed by atoms with Crippen molar-refractivity contribution in [2.24, 2.45) is 52.3 Å². The first-order chi connectivity index (χ1) is 20.1. The Morgan fingerprint density at radius 1 is 1.00 bits per heavy atom. The minimum atomic E-state index is -4.04. The van der Waals surface area contributed by atoms with Crippen LogP contribution < -0.4 is 0 Å². The molecule has 0 aromatic heterocycles. The fourth-order valence-corrected chi connectivity index (χ4v) is 10.5. The van der Waals surface area contributed by atoms with Crippen molar-refractivity contribution in [3.63, 3.8) is 0 Å². The molecule has 4 rings (SSSR count). The standard InChI is InChI=1S/C36H64NO5P/c1-10-28(26(2)3)12-11-27(4)32-15-16-33-31-14-13-29-25-30(17-19-35(29,5)34(31)18-20-36(32,33)6)40-23-24-42-43(38,39)41-22-21-37(7,8)9/h11-13,26-28,30-34H,10,14-25H2,1-9H3/p+1/t27-,28-,30+,31+,32-,33+,34+,35+,36-/m1/s1. The Balaban J connectivity index is 1.30. The van der Waals surface area contributed by atoms with Crippen LogP contribution in [0.3, 0.4) is 0 Å². The topological polar surface area (TPSA) is 65.0 Å². The molecule has 10 atom stereocenters. The molecule has 3 saturated carbocycles. The molecule has 1 N–H and O–H groups in total. The van der Waals surface area contributed by atoms with Gasteiger partial charge in [0.2, 0.25) is 0 Å². The molecule has 4 aliphatic rings. The highest BCUT2D eigenvalue weighted by molar-refractivity contribution is 7.47. The first-order valence-corrected chi connectivity index (χ1v) is 19.0. The minimum Gasteiger partial charge on any atom is -0.375 e. The summed E-state index contributed by atoms with van der Waals surface area (Å²) in [6.45, 7) is 16.0. The summed E-state index contributed by atoms with van der Waals surface area (Å²) in [5, 5.41) is 0. The Morgan fingerprint density at radius 3 is 2.40 bits per heavy atom. The van der Waals surface area contributed by atoms with Crippen molar-refractivity contribution in [1.82, 2.24) is 0 Å².